The Morgan fingerprint density at radius 2 is 1.94 bits per heavy atom. The molecule has 31 heavy (non-hydrogen) atoms. The summed E-state index contributed by atoms with van der Waals surface area (Å²) >= 11 is 0. The lowest BCUT2D eigenvalue weighted by Gasteiger charge is -2.13. The smallest absolute Gasteiger partial charge is 0.343 e. The maximum Gasteiger partial charge on any atom is 0.343 e. The molecule has 0 fully saturated rings. The standard InChI is InChI=1S/C19H19N5O7/c1-3-31-19(28)14-10-20-22(2)16(14)21-15(25)5-4-8-23-17(26)12-7-6-11(24(29)30)9-13(12)18(23)27/h6-7,9-10H,3-5,8H2,1-2H3,(H,21,25). The van der Waals surface area contributed by atoms with Crippen LogP contribution in [0.3, 0.4) is 0 Å². The number of hydrogen-bond acceptors (Lipinski definition) is 8. The molecule has 0 radical (unpaired) electrons. The van der Waals surface area contributed by atoms with E-state index in [0.717, 1.165) is 17.0 Å². The largest absolute Gasteiger partial charge is 0.462 e. The van der Waals surface area contributed by atoms with Crippen LogP contribution in [0.4, 0.5) is 11.5 Å². The second-order valence-electron chi connectivity index (χ2n) is 6.65. The van der Waals surface area contributed by atoms with Crippen molar-refractivity contribution < 1.29 is 28.8 Å². The van der Waals surface area contributed by atoms with E-state index < -0.39 is 28.6 Å². The van der Waals surface area contributed by atoms with E-state index in [1.807, 2.05) is 0 Å². The summed E-state index contributed by atoms with van der Waals surface area (Å²) in [4.78, 5) is 60.3. The predicted octanol–water partition coefficient (Wildman–Crippen LogP) is 1.52. The summed E-state index contributed by atoms with van der Waals surface area (Å²) in [5.74, 6) is -2.09. The van der Waals surface area contributed by atoms with Gasteiger partial charge in [0.15, 0.2) is 0 Å². The molecule has 0 atom stereocenters. The number of fused-ring (bicyclic) bond motifs is 1. The molecule has 12 nitrogen and oxygen atoms in total. The first-order chi connectivity index (χ1) is 14.7. The lowest BCUT2D eigenvalue weighted by molar-refractivity contribution is -0.384. The number of hydrogen-bond donors (Lipinski definition) is 1. The molecule has 3 rings (SSSR count). The Hall–Kier alpha value is -4.09. The average molecular weight is 429 g/mol. The zero-order chi connectivity index (χ0) is 22.7. The van der Waals surface area contributed by atoms with Crippen LogP contribution in [0.1, 0.15) is 50.8 Å². The summed E-state index contributed by atoms with van der Waals surface area (Å²) in [6.07, 6.45) is 1.40. The van der Waals surface area contributed by atoms with Gasteiger partial charge >= 0.3 is 5.97 Å². The number of carbonyl (C=O) groups excluding carboxylic acids is 4. The van der Waals surface area contributed by atoms with Crippen LogP contribution in [0.2, 0.25) is 0 Å². The van der Waals surface area contributed by atoms with Gasteiger partial charge in [-0.3, -0.25) is 34.1 Å². The third-order valence-electron chi connectivity index (χ3n) is 4.64. The molecule has 0 spiro atoms. The number of aryl methyl sites for hydroxylation is 1. The van der Waals surface area contributed by atoms with E-state index in [9.17, 15) is 29.3 Å². The van der Waals surface area contributed by atoms with Crippen molar-refractivity contribution in [3.05, 3.63) is 51.2 Å². The van der Waals surface area contributed by atoms with Crippen molar-refractivity contribution in [3.8, 4) is 0 Å². The van der Waals surface area contributed by atoms with Gasteiger partial charge in [-0.2, -0.15) is 5.10 Å². The monoisotopic (exact) mass is 429 g/mol. The third kappa shape index (κ3) is 4.27. The van der Waals surface area contributed by atoms with Crippen molar-refractivity contribution >= 4 is 35.2 Å². The molecule has 0 saturated carbocycles. The van der Waals surface area contributed by atoms with Crippen LogP contribution >= 0.6 is 0 Å². The van der Waals surface area contributed by atoms with Gasteiger partial charge in [0.25, 0.3) is 17.5 Å². The topological polar surface area (TPSA) is 154 Å². The average Bonchev–Trinajstić information content (AvgIpc) is 3.20. The highest BCUT2D eigenvalue weighted by Crippen LogP contribution is 2.27. The number of nitrogens with zero attached hydrogens (tertiary/aromatic N) is 4. The first-order valence-corrected chi connectivity index (χ1v) is 9.38. The predicted molar refractivity (Wildman–Crippen MR) is 105 cm³/mol. The Labute approximate surface area is 175 Å². The van der Waals surface area contributed by atoms with Crippen LogP contribution in [0, 0.1) is 10.1 Å². The minimum absolute atomic E-state index is 0.0300. The van der Waals surface area contributed by atoms with Gasteiger partial charge in [0.2, 0.25) is 5.91 Å². The molecule has 1 aliphatic heterocycles. The lowest BCUT2D eigenvalue weighted by Crippen LogP contribution is -2.31. The number of aromatic nitrogens is 2. The first kappa shape index (κ1) is 21.6. The molecule has 3 amide bonds. The summed E-state index contributed by atoms with van der Waals surface area (Å²) in [6, 6.07) is 3.48. The van der Waals surface area contributed by atoms with Crippen LogP contribution in [0.5, 0.6) is 0 Å². The number of rotatable bonds is 8. The SMILES string of the molecule is CCOC(=O)c1cnn(C)c1NC(=O)CCCN1C(=O)c2ccc([N+](=O)[O-])cc2C1=O. The van der Waals surface area contributed by atoms with Crippen molar-refractivity contribution in [2.45, 2.75) is 19.8 Å². The molecule has 0 aliphatic carbocycles. The van der Waals surface area contributed by atoms with Crippen molar-refractivity contribution in [1.82, 2.24) is 14.7 Å². The molecular weight excluding hydrogens is 410 g/mol. The number of ether oxygens (including phenoxy) is 1. The summed E-state index contributed by atoms with van der Waals surface area (Å²) in [5.41, 5.74) is -0.110. The highest BCUT2D eigenvalue weighted by Gasteiger charge is 2.36. The fourth-order valence-corrected chi connectivity index (χ4v) is 3.13. The van der Waals surface area contributed by atoms with E-state index in [-0.39, 0.29) is 54.2 Å². The van der Waals surface area contributed by atoms with E-state index in [2.05, 4.69) is 10.4 Å². The van der Waals surface area contributed by atoms with E-state index in [0.29, 0.717) is 0 Å². The molecule has 1 aliphatic rings. The Morgan fingerprint density at radius 3 is 2.61 bits per heavy atom. The Morgan fingerprint density at radius 1 is 1.23 bits per heavy atom. The minimum Gasteiger partial charge on any atom is -0.462 e. The van der Waals surface area contributed by atoms with Gasteiger partial charge in [-0.1, -0.05) is 0 Å². The number of esters is 1. The number of nitro benzene ring substituents is 1. The van der Waals surface area contributed by atoms with E-state index in [1.165, 1.54) is 16.9 Å². The molecule has 2 aromatic rings. The van der Waals surface area contributed by atoms with Gasteiger partial charge in [-0.05, 0) is 19.4 Å². The zero-order valence-electron chi connectivity index (χ0n) is 16.8. The molecule has 162 valence electrons. The van der Waals surface area contributed by atoms with Gasteiger partial charge in [0.05, 0.1) is 28.9 Å². The van der Waals surface area contributed by atoms with Gasteiger partial charge in [0, 0.05) is 32.1 Å². The highest BCUT2D eigenvalue weighted by atomic mass is 16.6. The molecule has 1 aromatic carbocycles. The summed E-state index contributed by atoms with van der Waals surface area (Å²) in [7, 11) is 1.55. The van der Waals surface area contributed by atoms with Crippen LogP contribution in [-0.2, 0) is 16.6 Å². The van der Waals surface area contributed by atoms with Gasteiger partial charge in [-0.25, -0.2) is 4.79 Å². The molecule has 0 unspecified atom stereocenters. The van der Waals surface area contributed by atoms with E-state index >= 15 is 0 Å². The lowest BCUT2D eigenvalue weighted by atomic mass is 10.1. The number of benzene rings is 1. The Bertz CT molecular complexity index is 1090. The van der Waals surface area contributed by atoms with Crippen LogP contribution in [0.25, 0.3) is 0 Å². The molecule has 2 heterocycles. The fourth-order valence-electron chi connectivity index (χ4n) is 3.13. The number of carbonyl (C=O) groups is 4. The number of imide groups is 1. The van der Waals surface area contributed by atoms with E-state index in [1.54, 1.807) is 14.0 Å². The maximum atomic E-state index is 12.5. The number of non-ortho nitro benzene ring substituents is 1. The number of nitro groups is 1. The second kappa shape index (κ2) is 8.73. The Balaban J connectivity index is 1.60. The van der Waals surface area contributed by atoms with Crippen molar-refractivity contribution in [2.75, 3.05) is 18.5 Å². The van der Waals surface area contributed by atoms with Crippen molar-refractivity contribution in [3.63, 3.8) is 0 Å². The summed E-state index contributed by atoms with van der Waals surface area (Å²) < 4.78 is 6.24. The third-order valence-corrected chi connectivity index (χ3v) is 4.64. The molecule has 1 aromatic heterocycles. The molecular formula is C19H19N5O7. The molecule has 1 N–H and O–H groups in total. The maximum absolute atomic E-state index is 12.5. The van der Waals surface area contributed by atoms with Gasteiger partial charge in [-0.15, -0.1) is 0 Å². The quantitative estimate of drug-likeness (QED) is 0.287. The van der Waals surface area contributed by atoms with E-state index in [4.69, 9.17) is 4.74 Å². The number of nitrogens with one attached hydrogen (secondary N) is 1. The van der Waals surface area contributed by atoms with Crippen LogP contribution in [0.15, 0.2) is 24.4 Å². The molecule has 12 heteroatoms. The fraction of sp³-hybridized carbons (Fsp3) is 0.316. The number of anilines is 1. The molecule has 0 bridgehead atoms. The Kier molecular flexibility index (Phi) is 6.09. The van der Waals surface area contributed by atoms with Crippen LogP contribution < -0.4 is 5.32 Å². The number of amides is 3. The van der Waals surface area contributed by atoms with Crippen molar-refractivity contribution in [1.29, 1.82) is 0 Å². The van der Waals surface area contributed by atoms with Crippen LogP contribution in [-0.4, -0.2) is 56.4 Å². The highest BCUT2D eigenvalue weighted by molar-refractivity contribution is 6.21. The zero-order valence-corrected chi connectivity index (χ0v) is 16.8. The summed E-state index contributed by atoms with van der Waals surface area (Å²) in [6.45, 7) is 1.79. The van der Waals surface area contributed by atoms with Gasteiger partial charge < -0.3 is 10.1 Å². The second-order valence-corrected chi connectivity index (χ2v) is 6.65. The van der Waals surface area contributed by atoms with Crippen molar-refractivity contribution in [2.24, 2.45) is 7.05 Å². The summed E-state index contributed by atoms with van der Waals surface area (Å²) in [5, 5.41) is 17.4. The minimum atomic E-state index is -0.645. The molecule has 0 saturated heterocycles. The normalized spacial score (nSPS) is 12.6. The van der Waals surface area contributed by atoms with Gasteiger partial charge in [0.1, 0.15) is 11.4 Å². The first-order valence-electron chi connectivity index (χ1n) is 9.38.